The molecule has 1 aromatic heterocycles. The highest BCUT2D eigenvalue weighted by atomic mass is 16.5. The molecule has 22 heavy (non-hydrogen) atoms. The smallest absolute Gasteiger partial charge is 0.169 e. The summed E-state index contributed by atoms with van der Waals surface area (Å²) in [7, 11) is 1.66. The van der Waals surface area contributed by atoms with E-state index in [0.717, 1.165) is 17.0 Å². The second kappa shape index (κ2) is 6.64. The van der Waals surface area contributed by atoms with Crippen LogP contribution in [0.5, 0.6) is 5.75 Å². The fourth-order valence-corrected chi connectivity index (χ4v) is 2.93. The Balaban J connectivity index is 1.88. The van der Waals surface area contributed by atoms with Crippen LogP contribution in [0.2, 0.25) is 0 Å². The second-order valence-corrected chi connectivity index (χ2v) is 5.67. The van der Waals surface area contributed by atoms with Crippen molar-refractivity contribution in [3.05, 3.63) is 30.5 Å². The van der Waals surface area contributed by atoms with Crippen LogP contribution in [-0.4, -0.2) is 23.1 Å². The second-order valence-electron chi connectivity index (χ2n) is 5.67. The molecule has 1 aromatic carbocycles. The summed E-state index contributed by atoms with van der Waals surface area (Å²) in [6.45, 7) is 0. The molecular weight excluding hydrogens is 276 g/mol. The number of ether oxygens (including phenoxy) is 1. The first-order valence-electron chi connectivity index (χ1n) is 7.80. The number of benzene rings is 1. The number of nitrogens with two attached hydrogens (primary N) is 1. The van der Waals surface area contributed by atoms with Gasteiger partial charge in [-0.25, -0.2) is 9.97 Å². The summed E-state index contributed by atoms with van der Waals surface area (Å²) in [4.78, 5) is 8.96. The van der Waals surface area contributed by atoms with E-state index in [-0.39, 0.29) is 0 Å². The summed E-state index contributed by atoms with van der Waals surface area (Å²) in [5.74, 6) is 1.91. The van der Waals surface area contributed by atoms with Gasteiger partial charge in [0, 0.05) is 11.6 Å². The number of hydrogen-bond acceptors (Lipinski definition) is 5. The predicted octanol–water partition coefficient (Wildman–Crippen LogP) is 3.48. The third kappa shape index (κ3) is 3.13. The molecule has 0 atom stereocenters. The standard InChI is InChI=1S/C17H22N4O/c1-22-15-10-6-5-9-13(15)14-11-19-16(18)17(21-14)20-12-7-3-2-4-8-12/h5-6,9-12H,2-4,7-8H2,1H3,(H2,18,19)(H,20,21). The molecule has 0 radical (unpaired) electrons. The normalized spacial score (nSPS) is 15.5. The average molecular weight is 298 g/mol. The Kier molecular flexibility index (Phi) is 4.42. The zero-order valence-corrected chi connectivity index (χ0v) is 12.9. The molecule has 1 aliphatic rings. The lowest BCUT2D eigenvalue weighted by Gasteiger charge is -2.23. The van der Waals surface area contributed by atoms with Crippen LogP contribution in [0.15, 0.2) is 30.5 Å². The van der Waals surface area contributed by atoms with Gasteiger partial charge in [-0.1, -0.05) is 31.4 Å². The molecule has 1 fully saturated rings. The van der Waals surface area contributed by atoms with Crippen molar-refractivity contribution in [3.63, 3.8) is 0 Å². The molecule has 0 aliphatic heterocycles. The van der Waals surface area contributed by atoms with Crippen LogP contribution in [0.25, 0.3) is 11.3 Å². The molecule has 3 rings (SSSR count). The Labute approximate surface area is 130 Å². The molecule has 1 heterocycles. The average Bonchev–Trinajstić information content (AvgIpc) is 2.58. The van der Waals surface area contributed by atoms with E-state index >= 15 is 0 Å². The van der Waals surface area contributed by atoms with Crippen molar-refractivity contribution in [2.24, 2.45) is 0 Å². The highest BCUT2D eigenvalue weighted by molar-refractivity contribution is 5.70. The van der Waals surface area contributed by atoms with Gasteiger partial charge < -0.3 is 15.8 Å². The van der Waals surface area contributed by atoms with Gasteiger partial charge in [0.1, 0.15) is 5.75 Å². The number of aromatic nitrogens is 2. The van der Waals surface area contributed by atoms with Crippen LogP contribution in [0, 0.1) is 0 Å². The molecule has 1 aliphatic carbocycles. The maximum atomic E-state index is 5.99. The van der Waals surface area contributed by atoms with Crippen LogP contribution >= 0.6 is 0 Å². The van der Waals surface area contributed by atoms with Crippen molar-refractivity contribution in [2.45, 2.75) is 38.1 Å². The lowest BCUT2D eigenvalue weighted by molar-refractivity contribution is 0.416. The SMILES string of the molecule is COc1ccccc1-c1cnc(N)c(NC2CCCCC2)n1. The van der Waals surface area contributed by atoms with Crippen molar-refractivity contribution < 1.29 is 4.74 Å². The Morgan fingerprint density at radius 1 is 1.18 bits per heavy atom. The van der Waals surface area contributed by atoms with E-state index in [0.29, 0.717) is 17.7 Å². The van der Waals surface area contributed by atoms with Gasteiger partial charge in [0.2, 0.25) is 0 Å². The molecule has 0 saturated heterocycles. The Hall–Kier alpha value is -2.30. The Morgan fingerprint density at radius 2 is 1.95 bits per heavy atom. The fourth-order valence-electron chi connectivity index (χ4n) is 2.93. The lowest BCUT2D eigenvalue weighted by Crippen LogP contribution is -2.23. The monoisotopic (exact) mass is 298 g/mol. The number of nitrogens with zero attached hydrogens (tertiary/aromatic N) is 2. The molecule has 116 valence electrons. The summed E-state index contributed by atoms with van der Waals surface area (Å²) in [6.07, 6.45) is 7.87. The van der Waals surface area contributed by atoms with E-state index in [2.05, 4.69) is 15.3 Å². The molecule has 0 unspecified atom stereocenters. The number of anilines is 2. The van der Waals surface area contributed by atoms with E-state index in [1.807, 2.05) is 24.3 Å². The molecule has 3 N–H and O–H groups in total. The minimum absolute atomic E-state index is 0.443. The van der Waals surface area contributed by atoms with E-state index in [1.165, 1.54) is 32.1 Å². The van der Waals surface area contributed by atoms with Crippen LogP contribution < -0.4 is 15.8 Å². The minimum atomic E-state index is 0.443. The summed E-state index contributed by atoms with van der Waals surface area (Å²) >= 11 is 0. The first kappa shape index (κ1) is 14.6. The number of nitrogen functional groups attached to an aromatic ring is 1. The molecule has 2 aromatic rings. The molecule has 1 saturated carbocycles. The maximum Gasteiger partial charge on any atom is 0.169 e. The topological polar surface area (TPSA) is 73.1 Å². The first-order chi connectivity index (χ1) is 10.8. The van der Waals surface area contributed by atoms with Crippen molar-refractivity contribution in [1.29, 1.82) is 0 Å². The van der Waals surface area contributed by atoms with Gasteiger partial charge in [-0.05, 0) is 25.0 Å². The fraction of sp³-hybridized carbons (Fsp3) is 0.412. The molecule has 0 spiro atoms. The summed E-state index contributed by atoms with van der Waals surface area (Å²) in [5.41, 5.74) is 7.68. The van der Waals surface area contributed by atoms with Crippen LogP contribution in [0.4, 0.5) is 11.6 Å². The largest absolute Gasteiger partial charge is 0.496 e. The lowest BCUT2D eigenvalue weighted by atomic mass is 9.95. The summed E-state index contributed by atoms with van der Waals surface area (Å²) in [6, 6.07) is 8.24. The van der Waals surface area contributed by atoms with Gasteiger partial charge in [0.25, 0.3) is 0 Å². The highest BCUT2D eigenvalue weighted by Crippen LogP contribution is 2.30. The third-order valence-electron chi connectivity index (χ3n) is 4.13. The van der Waals surface area contributed by atoms with Crippen molar-refractivity contribution >= 4 is 11.6 Å². The van der Waals surface area contributed by atoms with E-state index < -0.39 is 0 Å². The zero-order chi connectivity index (χ0) is 15.4. The first-order valence-corrected chi connectivity index (χ1v) is 7.80. The van der Waals surface area contributed by atoms with Crippen LogP contribution in [-0.2, 0) is 0 Å². The van der Waals surface area contributed by atoms with E-state index in [1.54, 1.807) is 13.3 Å². The van der Waals surface area contributed by atoms with Gasteiger partial charge in [-0.3, -0.25) is 0 Å². The van der Waals surface area contributed by atoms with Gasteiger partial charge >= 0.3 is 0 Å². The molecule has 0 amide bonds. The number of rotatable bonds is 4. The number of nitrogens with one attached hydrogen (secondary N) is 1. The maximum absolute atomic E-state index is 5.99. The van der Waals surface area contributed by atoms with Gasteiger partial charge in [-0.15, -0.1) is 0 Å². The summed E-state index contributed by atoms with van der Waals surface area (Å²) < 4.78 is 5.40. The van der Waals surface area contributed by atoms with Gasteiger partial charge in [-0.2, -0.15) is 0 Å². The highest BCUT2D eigenvalue weighted by Gasteiger charge is 2.16. The summed E-state index contributed by atoms with van der Waals surface area (Å²) in [5, 5.41) is 3.46. The number of para-hydroxylation sites is 1. The number of methoxy groups -OCH3 is 1. The minimum Gasteiger partial charge on any atom is -0.496 e. The molecule has 5 heteroatoms. The van der Waals surface area contributed by atoms with Crippen molar-refractivity contribution in [3.8, 4) is 17.0 Å². The molecular formula is C17H22N4O. The van der Waals surface area contributed by atoms with Gasteiger partial charge in [0.15, 0.2) is 11.6 Å². The molecule has 0 bridgehead atoms. The predicted molar refractivity (Wildman–Crippen MR) is 88.9 cm³/mol. The van der Waals surface area contributed by atoms with Crippen LogP contribution in [0.3, 0.4) is 0 Å². The third-order valence-corrected chi connectivity index (χ3v) is 4.13. The van der Waals surface area contributed by atoms with Gasteiger partial charge in [0.05, 0.1) is 19.0 Å². The number of hydrogen-bond donors (Lipinski definition) is 2. The van der Waals surface area contributed by atoms with Crippen molar-refractivity contribution in [2.75, 3.05) is 18.2 Å². The van der Waals surface area contributed by atoms with Crippen LogP contribution in [0.1, 0.15) is 32.1 Å². The molecule has 5 nitrogen and oxygen atoms in total. The van der Waals surface area contributed by atoms with Crippen molar-refractivity contribution in [1.82, 2.24) is 9.97 Å². The zero-order valence-electron chi connectivity index (χ0n) is 12.9. The quantitative estimate of drug-likeness (QED) is 0.904. The Bertz CT molecular complexity index is 638. The van der Waals surface area contributed by atoms with E-state index in [9.17, 15) is 0 Å². The van der Waals surface area contributed by atoms with E-state index in [4.69, 9.17) is 10.5 Å². The Morgan fingerprint density at radius 3 is 2.73 bits per heavy atom.